The summed E-state index contributed by atoms with van der Waals surface area (Å²) in [7, 11) is 3.22. The first kappa shape index (κ1) is 28.2. The summed E-state index contributed by atoms with van der Waals surface area (Å²) in [5.74, 6) is 1.63. The van der Waals surface area contributed by atoms with E-state index >= 15 is 0 Å². The van der Waals surface area contributed by atoms with E-state index in [1.54, 1.807) is 20.3 Å². The Hall–Kier alpha value is -3.03. The van der Waals surface area contributed by atoms with Gasteiger partial charge < -0.3 is 20.1 Å². The van der Waals surface area contributed by atoms with E-state index in [1.807, 2.05) is 29.8 Å². The maximum atomic E-state index is 13.3. The molecule has 2 amide bonds. The predicted octanol–water partition coefficient (Wildman–Crippen LogP) is 4.67. The van der Waals surface area contributed by atoms with E-state index in [-0.39, 0.29) is 24.3 Å². The van der Waals surface area contributed by atoms with Gasteiger partial charge in [-0.3, -0.25) is 14.3 Å². The number of amides is 2. The van der Waals surface area contributed by atoms with Gasteiger partial charge in [-0.1, -0.05) is 47.1 Å². The number of nitrogens with one attached hydrogen (secondary N) is 2. The fraction of sp³-hybridized carbons (Fsp3) is 0.593. The largest absolute Gasteiger partial charge is 0.496 e. The van der Waals surface area contributed by atoms with Crippen molar-refractivity contribution < 1.29 is 19.1 Å². The van der Waals surface area contributed by atoms with Crippen LogP contribution in [0.25, 0.3) is 11.3 Å². The molecule has 2 N–H and O–H groups in total. The maximum Gasteiger partial charge on any atom is 0.272 e. The minimum Gasteiger partial charge on any atom is -0.496 e. The number of carbonyl (C=O) groups is 2. The number of methoxy groups -OCH3 is 2. The fourth-order valence-electron chi connectivity index (χ4n) is 3.98. The van der Waals surface area contributed by atoms with Crippen LogP contribution < -0.4 is 20.1 Å². The third kappa shape index (κ3) is 8.01. The second-order valence-electron chi connectivity index (χ2n) is 9.50. The molecule has 8 nitrogen and oxygen atoms in total. The molecule has 0 spiro atoms. The summed E-state index contributed by atoms with van der Waals surface area (Å²) in [6.45, 7) is 11.7. The minimum atomic E-state index is -0.294. The lowest BCUT2D eigenvalue weighted by atomic mass is 10.0. The summed E-state index contributed by atoms with van der Waals surface area (Å²) in [6, 6.07) is 7.10. The summed E-state index contributed by atoms with van der Waals surface area (Å²) < 4.78 is 13.1. The maximum absolute atomic E-state index is 13.3. The molecule has 1 unspecified atom stereocenters. The quantitative estimate of drug-likeness (QED) is 0.405. The molecule has 0 aliphatic heterocycles. The lowest BCUT2D eigenvalue weighted by Gasteiger charge is -2.20. The van der Waals surface area contributed by atoms with E-state index in [0.29, 0.717) is 48.5 Å². The van der Waals surface area contributed by atoms with Gasteiger partial charge in [-0.25, -0.2) is 0 Å². The summed E-state index contributed by atoms with van der Waals surface area (Å²) >= 11 is 0. The Bertz CT molecular complexity index is 948. The van der Waals surface area contributed by atoms with Gasteiger partial charge in [0.25, 0.3) is 5.91 Å². The van der Waals surface area contributed by atoms with Crippen LogP contribution in [-0.2, 0) is 11.3 Å². The van der Waals surface area contributed by atoms with E-state index < -0.39 is 0 Å². The Morgan fingerprint density at radius 1 is 1.09 bits per heavy atom. The molecular formula is C27H42N4O4. The molecule has 0 aliphatic carbocycles. The third-order valence-electron chi connectivity index (χ3n) is 5.97. The summed E-state index contributed by atoms with van der Waals surface area (Å²) in [4.78, 5) is 25.7. The Labute approximate surface area is 209 Å². The number of benzene rings is 1. The summed E-state index contributed by atoms with van der Waals surface area (Å²) in [6.07, 6.45) is 2.79. The second kappa shape index (κ2) is 13.8. The normalized spacial score (nSPS) is 12.8. The average molecular weight is 487 g/mol. The highest BCUT2D eigenvalue weighted by Gasteiger charge is 2.24. The van der Waals surface area contributed by atoms with Gasteiger partial charge in [0.1, 0.15) is 11.5 Å². The highest BCUT2D eigenvalue weighted by molar-refractivity contribution is 5.94. The van der Waals surface area contributed by atoms with Crippen molar-refractivity contribution in [2.75, 3.05) is 20.8 Å². The van der Waals surface area contributed by atoms with Crippen molar-refractivity contribution in [2.45, 2.75) is 72.9 Å². The van der Waals surface area contributed by atoms with Crippen molar-refractivity contribution in [1.82, 2.24) is 20.4 Å². The van der Waals surface area contributed by atoms with Crippen molar-refractivity contribution in [2.24, 2.45) is 11.8 Å². The van der Waals surface area contributed by atoms with Crippen molar-refractivity contribution >= 4 is 11.8 Å². The van der Waals surface area contributed by atoms with Crippen molar-refractivity contribution in [3.8, 4) is 22.8 Å². The van der Waals surface area contributed by atoms with Gasteiger partial charge >= 0.3 is 0 Å². The zero-order valence-electron chi connectivity index (χ0n) is 22.3. The molecule has 0 saturated carbocycles. The molecule has 0 bridgehead atoms. The standard InChI is InChI=1S/C27H42N4O4/c1-8-13-28-25(32)15-20(14-18(3)4)29-27(33)21-16-22(31(30-21)17-19(5)9-2)26-23(34-6)11-10-12-24(26)35-7/h10-12,16,18-20H,8-9,13-15,17H2,1-7H3,(H,28,32)(H,29,33)/t19?,20-/m0/s1. The molecule has 2 rings (SSSR count). The van der Waals surface area contributed by atoms with Crippen LogP contribution >= 0.6 is 0 Å². The van der Waals surface area contributed by atoms with Gasteiger partial charge in [0.15, 0.2) is 5.69 Å². The molecule has 0 saturated heterocycles. The second-order valence-corrected chi connectivity index (χ2v) is 9.50. The molecule has 0 radical (unpaired) electrons. The highest BCUT2D eigenvalue weighted by atomic mass is 16.5. The molecule has 2 atom stereocenters. The average Bonchev–Trinajstić information content (AvgIpc) is 3.24. The lowest BCUT2D eigenvalue weighted by Crippen LogP contribution is -2.40. The predicted molar refractivity (Wildman–Crippen MR) is 139 cm³/mol. The third-order valence-corrected chi connectivity index (χ3v) is 5.97. The zero-order chi connectivity index (χ0) is 26.0. The van der Waals surface area contributed by atoms with Crippen LogP contribution in [0.5, 0.6) is 11.5 Å². The van der Waals surface area contributed by atoms with Crippen LogP contribution in [0.3, 0.4) is 0 Å². The first-order chi connectivity index (χ1) is 16.7. The van der Waals surface area contributed by atoms with Gasteiger partial charge in [-0.2, -0.15) is 5.10 Å². The van der Waals surface area contributed by atoms with Gasteiger partial charge in [0.2, 0.25) is 5.91 Å². The van der Waals surface area contributed by atoms with Crippen LogP contribution in [-0.4, -0.2) is 48.4 Å². The molecule has 194 valence electrons. The topological polar surface area (TPSA) is 94.5 Å². The number of hydrogen-bond acceptors (Lipinski definition) is 5. The molecule has 1 heterocycles. The molecule has 0 aliphatic rings. The number of ether oxygens (including phenoxy) is 2. The summed E-state index contributed by atoms with van der Waals surface area (Å²) in [5.41, 5.74) is 1.81. The van der Waals surface area contributed by atoms with Gasteiger partial charge in [0.05, 0.1) is 25.5 Å². The molecule has 8 heteroatoms. The minimum absolute atomic E-state index is 0.0560. The molecule has 0 fully saturated rings. The number of nitrogens with zero attached hydrogens (tertiary/aromatic N) is 2. The molecule has 35 heavy (non-hydrogen) atoms. The molecule has 2 aromatic rings. The SMILES string of the molecule is CCCNC(=O)C[C@H](CC(C)C)NC(=O)c1cc(-c2c(OC)cccc2OC)n(CC(C)CC)n1. The van der Waals surface area contributed by atoms with E-state index in [2.05, 4.69) is 43.4 Å². The Morgan fingerprint density at radius 2 is 1.74 bits per heavy atom. The van der Waals surface area contributed by atoms with Gasteiger partial charge in [-0.15, -0.1) is 0 Å². The zero-order valence-corrected chi connectivity index (χ0v) is 22.3. The first-order valence-corrected chi connectivity index (χ1v) is 12.6. The number of hydrogen-bond donors (Lipinski definition) is 2. The van der Waals surface area contributed by atoms with Crippen LogP contribution in [0.15, 0.2) is 24.3 Å². The van der Waals surface area contributed by atoms with Crippen molar-refractivity contribution in [3.05, 3.63) is 30.0 Å². The summed E-state index contributed by atoms with van der Waals surface area (Å²) in [5, 5.41) is 10.6. The van der Waals surface area contributed by atoms with Crippen LogP contribution in [0.2, 0.25) is 0 Å². The highest BCUT2D eigenvalue weighted by Crippen LogP contribution is 2.39. The van der Waals surface area contributed by atoms with E-state index in [1.165, 1.54) is 0 Å². The number of carbonyl (C=O) groups excluding carboxylic acids is 2. The monoisotopic (exact) mass is 486 g/mol. The van der Waals surface area contributed by atoms with Crippen LogP contribution in [0.1, 0.15) is 70.8 Å². The van der Waals surface area contributed by atoms with Crippen molar-refractivity contribution in [1.29, 1.82) is 0 Å². The molecule has 1 aromatic heterocycles. The van der Waals surface area contributed by atoms with Gasteiger partial charge in [-0.05, 0) is 42.9 Å². The lowest BCUT2D eigenvalue weighted by molar-refractivity contribution is -0.121. The molecule has 1 aromatic carbocycles. The smallest absolute Gasteiger partial charge is 0.272 e. The van der Waals surface area contributed by atoms with Crippen LogP contribution in [0.4, 0.5) is 0 Å². The van der Waals surface area contributed by atoms with Crippen LogP contribution in [0, 0.1) is 11.8 Å². The Balaban J connectivity index is 2.41. The molecular weight excluding hydrogens is 444 g/mol. The first-order valence-electron chi connectivity index (χ1n) is 12.6. The van der Waals surface area contributed by atoms with Crippen molar-refractivity contribution in [3.63, 3.8) is 0 Å². The number of rotatable bonds is 14. The Kier molecular flexibility index (Phi) is 11.1. The number of aromatic nitrogens is 2. The van der Waals surface area contributed by atoms with Gasteiger partial charge in [0, 0.05) is 25.6 Å². The van der Waals surface area contributed by atoms with E-state index in [9.17, 15) is 9.59 Å². The fourth-order valence-corrected chi connectivity index (χ4v) is 3.98. The Morgan fingerprint density at radius 3 is 2.29 bits per heavy atom. The van der Waals surface area contributed by atoms with E-state index in [0.717, 1.165) is 24.1 Å². The van der Waals surface area contributed by atoms with E-state index in [4.69, 9.17) is 9.47 Å².